The molecular weight excluding hydrogens is 495 g/mol. The molecule has 0 radical (unpaired) electrons. The van der Waals surface area contributed by atoms with E-state index in [-0.39, 0.29) is 12.5 Å². The van der Waals surface area contributed by atoms with Gasteiger partial charge in [0, 0.05) is 39.3 Å². The zero-order valence-corrected chi connectivity index (χ0v) is 21.0. The van der Waals surface area contributed by atoms with Gasteiger partial charge in [-0.05, 0) is 48.5 Å². The molecule has 0 aliphatic heterocycles. The number of carbonyl (C=O) groups excluding carboxylic acids is 1. The second kappa shape index (κ2) is 10.4. The summed E-state index contributed by atoms with van der Waals surface area (Å²) in [5.74, 6) is 1.08. The van der Waals surface area contributed by atoms with Crippen LogP contribution in [0.15, 0.2) is 95.4 Å². The number of hydrogen-bond acceptors (Lipinski definition) is 4. The molecule has 7 heteroatoms. The van der Waals surface area contributed by atoms with Crippen molar-refractivity contribution in [3.8, 4) is 17.2 Å². The molecule has 0 aliphatic rings. The van der Waals surface area contributed by atoms with Crippen LogP contribution in [-0.4, -0.2) is 10.9 Å². The summed E-state index contributed by atoms with van der Waals surface area (Å²) in [6.45, 7) is 2.06. The zero-order valence-electron chi connectivity index (χ0n) is 19.4. The summed E-state index contributed by atoms with van der Waals surface area (Å²) in [6.07, 6.45) is 0. The van der Waals surface area contributed by atoms with Crippen LogP contribution in [0.3, 0.4) is 0 Å². The topological polar surface area (TPSA) is 55.6 Å². The number of carbonyl (C=O) groups is 1. The van der Waals surface area contributed by atoms with Crippen LogP contribution in [0.25, 0.3) is 22.6 Å². The van der Waals surface area contributed by atoms with Gasteiger partial charge in [-0.15, -0.1) is 0 Å². The Labute approximate surface area is 218 Å². The first-order valence-corrected chi connectivity index (χ1v) is 12.1. The van der Waals surface area contributed by atoms with Crippen LogP contribution in [0.5, 0.6) is 5.75 Å². The number of ether oxygens (including phenoxy) is 1. The van der Waals surface area contributed by atoms with Gasteiger partial charge >= 0.3 is 0 Å². The fourth-order valence-electron chi connectivity index (χ4n) is 3.94. The predicted octanol–water partition coefficient (Wildman–Crippen LogP) is 7.93. The van der Waals surface area contributed by atoms with Crippen molar-refractivity contribution in [2.24, 2.45) is 0 Å². The molecule has 4 aromatic carbocycles. The van der Waals surface area contributed by atoms with E-state index in [1.54, 1.807) is 23.1 Å². The molecule has 5 nitrogen and oxygen atoms in total. The highest BCUT2D eigenvalue weighted by atomic mass is 35.5. The molecule has 0 saturated heterocycles. The quantitative estimate of drug-likeness (QED) is 0.220. The Bertz CT molecular complexity index is 1510. The number of nitrogens with zero attached hydrogens (tertiary/aromatic N) is 2. The lowest BCUT2D eigenvalue weighted by molar-refractivity contribution is -0.116. The van der Waals surface area contributed by atoms with Gasteiger partial charge in [-0.25, -0.2) is 4.98 Å². The first-order valence-electron chi connectivity index (χ1n) is 11.4. The van der Waals surface area contributed by atoms with Crippen molar-refractivity contribution in [1.29, 1.82) is 0 Å². The van der Waals surface area contributed by atoms with E-state index in [0.29, 0.717) is 50.6 Å². The van der Waals surface area contributed by atoms with Crippen molar-refractivity contribution in [3.05, 3.63) is 112 Å². The Hall–Kier alpha value is -3.80. The summed E-state index contributed by atoms with van der Waals surface area (Å²) in [4.78, 5) is 19.0. The summed E-state index contributed by atoms with van der Waals surface area (Å²) < 4.78 is 12.0. The van der Waals surface area contributed by atoms with Crippen LogP contribution in [0.4, 0.5) is 5.69 Å². The number of para-hydroxylation sites is 1. The standard InChI is InChI=1S/C29H22Cl2N2O3/c1-19(34)33(22-14-15-28-26(16-22)32-29(36-28)20-8-3-2-4-9-20)17-21-10-5-6-13-27(21)35-18-23-24(30)11-7-12-25(23)31/h2-16H,17-18H2,1H3. The maximum atomic E-state index is 12.7. The van der Waals surface area contributed by atoms with Crippen LogP contribution in [0, 0.1) is 0 Å². The fourth-order valence-corrected chi connectivity index (χ4v) is 4.44. The van der Waals surface area contributed by atoms with E-state index in [9.17, 15) is 4.79 Å². The zero-order chi connectivity index (χ0) is 25.1. The first-order chi connectivity index (χ1) is 17.5. The summed E-state index contributed by atoms with van der Waals surface area (Å²) >= 11 is 12.6. The van der Waals surface area contributed by atoms with Gasteiger partial charge < -0.3 is 14.1 Å². The Balaban J connectivity index is 1.41. The first kappa shape index (κ1) is 23.9. The highest BCUT2D eigenvalue weighted by molar-refractivity contribution is 6.35. The second-order valence-corrected chi connectivity index (χ2v) is 9.05. The van der Waals surface area contributed by atoms with E-state index in [1.165, 1.54) is 6.92 Å². The van der Waals surface area contributed by atoms with Crippen molar-refractivity contribution in [2.75, 3.05) is 4.90 Å². The van der Waals surface area contributed by atoms with Gasteiger partial charge in [0.25, 0.3) is 0 Å². The predicted molar refractivity (Wildman–Crippen MR) is 144 cm³/mol. The van der Waals surface area contributed by atoms with Gasteiger partial charge in [0.1, 0.15) is 17.9 Å². The van der Waals surface area contributed by atoms with E-state index < -0.39 is 0 Å². The van der Waals surface area contributed by atoms with Gasteiger partial charge in [0.2, 0.25) is 11.8 Å². The number of hydrogen-bond donors (Lipinski definition) is 0. The normalized spacial score (nSPS) is 11.0. The van der Waals surface area contributed by atoms with Crippen molar-refractivity contribution in [3.63, 3.8) is 0 Å². The molecule has 0 saturated carbocycles. The third-order valence-electron chi connectivity index (χ3n) is 5.82. The third kappa shape index (κ3) is 5.08. The Morgan fingerprint density at radius 2 is 1.64 bits per heavy atom. The molecule has 0 bridgehead atoms. The highest BCUT2D eigenvalue weighted by Crippen LogP contribution is 2.31. The van der Waals surface area contributed by atoms with E-state index in [1.807, 2.05) is 72.8 Å². The Kier molecular flexibility index (Phi) is 6.94. The van der Waals surface area contributed by atoms with Gasteiger partial charge in [0.05, 0.1) is 6.54 Å². The average molecular weight is 517 g/mol. The van der Waals surface area contributed by atoms with Gasteiger partial charge in [-0.3, -0.25) is 4.79 Å². The molecule has 0 spiro atoms. The highest BCUT2D eigenvalue weighted by Gasteiger charge is 2.18. The number of benzene rings is 4. The minimum Gasteiger partial charge on any atom is -0.488 e. The molecule has 0 unspecified atom stereocenters. The maximum Gasteiger partial charge on any atom is 0.227 e. The average Bonchev–Trinajstić information content (AvgIpc) is 3.31. The minimum atomic E-state index is -0.106. The Morgan fingerprint density at radius 1 is 0.917 bits per heavy atom. The third-order valence-corrected chi connectivity index (χ3v) is 6.53. The molecule has 0 fully saturated rings. The molecule has 36 heavy (non-hydrogen) atoms. The maximum absolute atomic E-state index is 12.7. The van der Waals surface area contributed by atoms with E-state index in [2.05, 4.69) is 4.98 Å². The van der Waals surface area contributed by atoms with E-state index in [4.69, 9.17) is 32.4 Å². The number of aromatic nitrogens is 1. The smallest absolute Gasteiger partial charge is 0.227 e. The number of halogens is 2. The molecule has 180 valence electrons. The number of oxazole rings is 1. The Morgan fingerprint density at radius 3 is 2.39 bits per heavy atom. The molecular formula is C29H22Cl2N2O3. The van der Waals surface area contributed by atoms with E-state index >= 15 is 0 Å². The van der Waals surface area contributed by atoms with Crippen molar-refractivity contribution < 1.29 is 13.9 Å². The lowest BCUT2D eigenvalue weighted by Gasteiger charge is -2.23. The largest absolute Gasteiger partial charge is 0.488 e. The van der Waals surface area contributed by atoms with E-state index in [0.717, 1.165) is 11.1 Å². The van der Waals surface area contributed by atoms with Crippen LogP contribution in [0.1, 0.15) is 18.1 Å². The lowest BCUT2D eigenvalue weighted by atomic mass is 10.1. The summed E-state index contributed by atoms with van der Waals surface area (Å²) in [7, 11) is 0. The van der Waals surface area contributed by atoms with Gasteiger partial charge in [0.15, 0.2) is 5.58 Å². The fraction of sp³-hybridized carbons (Fsp3) is 0.103. The number of anilines is 1. The van der Waals surface area contributed by atoms with Crippen LogP contribution >= 0.6 is 23.2 Å². The molecule has 1 heterocycles. The summed E-state index contributed by atoms with van der Waals surface area (Å²) in [5, 5.41) is 1.09. The monoisotopic (exact) mass is 516 g/mol. The molecule has 0 atom stereocenters. The molecule has 5 aromatic rings. The summed E-state index contributed by atoms with van der Waals surface area (Å²) in [5.41, 5.74) is 4.50. The molecule has 1 aromatic heterocycles. The molecule has 0 N–H and O–H groups in total. The number of fused-ring (bicyclic) bond motifs is 1. The van der Waals surface area contributed by atoms with Crippen molar-refractivity contribution in [1.82, 2.24) is 4.98 Å². The number of rotatable bonds is 7. The molecule has 0 aliphatic carbocycles. The van der Waals surface area contributed by atoms with Gasteiger partial charge in [-0.1, -0.05) is 65.7 Å². The van der Waals surface area contributed by atoms with Crippen molar-refractivity contribution >= 4 is 45.9 Å². The lowest BCUT2D eigenvalue weighted by Crippen LogP contribution is -2.28. The van der Waals surface area contributed by atoms with Gasteiger partial charge in [-0.2, -0.15) is 0 Å². The summed E-state index contributed by atoms with van der Waals surface area (Å²) in [6, 6.07) is 28.2. The van der Waals surface area contributed by atoms with Crippen LogP contribution in [-0.2, 0) is 17.9 Å². The van der Waals surface area contributed by atoms with Crippen molar-refractivity contribution in [2.45, 2.75) is 20.1 Å². The second-order valence-electron chi connectivity index (χ2n) is 8.24. The number of amides is 1. The minimum absolute atomic E-state index is 0.106. The SMILES string of the molecule is CC(=O)N(Cc1ccccc1OCc1c(Cl)cccc1Cl)c1ccc2oc(-c3ccccc3)nc2c1. The van der Waals surface area contributed by atoms with Crippen LogP contribution < -0.4 is 9.64 Å². The molecule has 5 rings (SSSR count). The van der Waals surface area contributed by atoms with Crippen LogP contribution in [0.2, 0.25) is 10.0 Å². The molecule has 1 amide bonds.